The van der Waals surface area contributed by atoms with Crippen molar-refractivity contribution in [2.45, 2.75) is 34.6 Å². The van der Waals surface area contributed by atoms with Crippen LogP contribution in [0.4, 0.5) is 5.00 Å². The molecule has 0 saturated heterocycles. The maximum absolute atomic E-state index is 12.1. The van der Waals surface area contributed by atoms with Crippen LogP contribution >= 0.6 is 11.3 Å². The molecule has 1 aromatic rings. The van der Waals surface area contributed by atoms with Crippen molar-refractivity contribution >= 4 is 28.2 Å². The van der Waals surface area contributed by atoms with Crippen molar-refractivity contribution in [1.29, 1.82) is 0 Å². The van der Waals surface area contributed by atoms with Gasteiger partial charge in [-0.05, 0) is 39.4 Å². The largest absolute Gasteiger partial charge is 0.462 e. The van der Waals surface area contributed by atoms with Crippen molar-refractivity contribution in [3.63, 3.8) is 0 Å². The van der Waals surface area contributed by atoms with Gasteiger partial charge in [-0.2, -0.15) is 0 Å². The molecular weight excluding hydrogens is 326 g/mol. The predicted molar refractivity (Wildman–Crippen MR) is 99.0 cm³/mol. The molecule has 0 unspecified atom stereocenters. The van der Waals surface area contributed by atoms with Gasteiger partial charge >= 0.3 is 5.97 Å². The zero-order chi connectivity index (χ0) is 18.1. The van der Waals surface area contributed by atoms with Crippen molar-refractivity contribution < 1.29 is 14.3 Å². The van der Waals surface area contributed by atoms with E-state index in [9.17, 15) is 9.59 Å². The molecule has 0 radical (unpaired) electrons. The highest BCUT2D eigenvalue weighted by atomic mass is 32.1. The van der Waals surface area contributed by atoms with Gasteiger partial charge in [0.15, 0.2) is 0 Å². The summed E-state index contributed by atoms with van der Waals surface area (Å²) in [5, 5.41) is 6.53. The highest BCUT2D eigenvalue weighted by molar-refractivity contribution is 7.16. The van der Waals surface area contributed by atoms with Crippen molar-refractivity contribution in [3.8, 4) is 0 Å². The van der Waals surface area contributed by atoms with E-state index in [1.165, 1.54) is 11.3 Å². The van der Waals surface area contributed by atoms with Crippen LogP contribution in [0.5, 0.6) is 0 Å². The van der Waals surface area contributed by atoms with Crippen LogP contribution in [0.2, 0.25) is 0 Å². The van der Waals surface area contributed by atoms with Crippen LogP contribution in [0, 0.1) is 13.8 Å². The fraction of sp³-hybridized carbons (Fsp3) is 0.647. The molecule has 0 aliphatic rings. The second-order valence-electron chi connectivity index (χ2n) is 5.46. The lowest BCUT2D eigenvalue weighted by molar-refractivity contribution is -0.115. The van der Waals surface area contributed by atoms with Crippen LogP contribution in [-0.4, -0.2) is 56.1 Å². The standard InChI is InChI=1S/C17H29N3O3S/c1-6-20(7-2)10-9-18-11-14(21)19-16-15(17(22)23-8-3)12(4)13(5)24-16/h18H,6-11H2,1-5H3,(H,19,21). The van der Waals surface area contributed by atoms with E-state index in [-0.39, 0.29) is 18.4 Å². The highest BCUT2D eigenvalue weighted by Gasteiger charge is 2.21. The van der Waals surface area contributed by atoms with Gasteiger partial charge in [0.25, 0.3) is 0 Å². The number of ether oxygens (including phenoxy) is 1. The number of rotatable bonds is 10. The molecule has 1 aromatic heterocycles. The summed E-state index contributed by atoms with van der Waals surface area (Å²) in [7, 11) is 0. The number of carbonyl (C=O) groups is 2. The SMILES string of the molecule is CCOC(=O)c1c(NC(=O)CNCCN(CC)CC)sc(C)c1C. The van der Waals surface area contributed by atoms with Gasteiger partial charge in [0.1, 0.15) is 5.00 Å². The Bertz CT molecular complexity index is 554. The van der Waals surface area contributed by atoms with Gasteiger partial charge in [-0.3, -0.25) is 4.79 Å². The first-order valence-electron chi connectivity index (χ1n) is 8.44. The van der Waals surface area contributed by atoms with Crippen LogP contribution in [0.1, 0.15) is 41.6 Å². The van der Waals surface area contributed by atoms with Crippen molar-refractivity contribution in [2.24, 2.45) is 0 Å². The molecule has 1 rings (SSSR count). The van der Waals surface area contributed by atoms with E-state index in [0.717, 1.165) is 36.6 Å². The van der Waals surface area contributed by atoms with E-state index in [4.69, 9.17) is 4.74 Å². The summed E-state index contributed by atoms with van der Waals surface area (Å²) in [6.07, 6.45) is 0. The van der Waals surface area contributed by atoms with Crippen molar-refractivity contribution in [3.05, 3.63) is 16.0 Å². The number of hydrogen-bond donors (Lipinski definition) is 2. The fourth-order valence-electron chi connectivity index (χ4n) is 2.31. The summed E-state index contributed by atoms with van der Waals surface area (Å²) < 4.78 is 5.09. The maximum atomic E-state index is 12.1. The zero-order valence-electron chi connectivity index (χ0n) is 15.3. The van der Waals surface area contributed by atoms with Crippen LogP contribution in [0.3, 0.4) is 0 Å². The second-order valence-corrected chi connectivity index (χ2v) is 6.68. The summed E-state index contributed by atoms with van der Waals surface area (Å²) in [6, 6.07) is 0. The highest BCUT2D eigenvalue weighted by Crippen LogP contribution is 2.32. The van der Waals surface area contributed by atoms with Crippen molar-refractivity contribution in [1.82, 2.24) is 10.2 Å². The number of nitrogens with zero attached hydrogens (tertiary/aromatic N) is 1. The van der Waals surface area contributed by atoms with E-state index >= 15 is 0 Å². The number of anilines is 1. The maximum Gasteiger partial charge on any atom is 0.341 e. The molecule has 0 spiro atoms. The third-order valence-electron chi connectivity index (χ3n) is 3.90. The number of hydrogen-bond acceptors (Lipinski definition) is 6. The molecule has 136 valence electrons. The molecule has 1 amide bonds. The Morgan fingerprint density at radius 2 is 1.83 bits per heavy atom. The molecule has 0 atom stereocenters. The lowest BCUT2D eigenvalue weighted by Crippen LogP contribution is -2.35. The Balaban J connectivity index is 2.58. The molecule has 0 aliphatic heterocycles. The van der Waals surface area contributed by atoms with Gasteiger partial charge in [-0.25, -0.2) is 4.79 Å². The minimum absolute atomic E-state index is 0.152. The number of thiophene rings is 1. The number of nitrogens with one attached hydrogen (secondary N) is 2. The van der Waals surface area contributed by atoms with Gasteiger partial charge in [0.2, 0.25) is 5.91 Å². The van der Waals surface area contributed by atoms with Gasteiger partial charge in [-0.1, -0.05) is 13.8 Å². The first kappa shape index (κ1) is 20.6. The molecule has 2 N–H and O–H groups in total. The fourth-order valence-corrected chi connectivity index (χ4v) is 3.38. The molecule has 6 nitrogen and oxygen atoms in total. The number of carbonyl (C=O) groups excluding carboxylic acids is 2. The Hall–Kier alpha value is -1.44. The van der Waals surface area contributed by atoms with Crippen LogP contribution in [-0.2, 0) is 9.53 Å². The first-order valence-corrected chi connectivity index (χ1v) is 9.26. The van der Waals surface area contributed by atoms with Gasteiger partial charge in [0, 0.05) is 18.0 Å². The molecule has 1 heterocycles. The Labute approximate surface area is 148 Å². The summed E-state index contributed by atoms with van der Waals surface area (Å²) in [5.74, 6) is -0.537. The number of aryl methyl sites for hydroxylation is 1. The zero-order valence-corrected chi connectivity index (χ0v) is 16.1. The monoisotopic (exact) mass is 355 g/mol. The normalized spacial score (nSPS) is 10.9. The van der Waals surface area contributed by atoms with Crippen molar-refractivity contribution in [2.75, 3.05) is 44.6 Å². The summed E-state index contributed by atoms with van der Waals surface area (Å²) in [6.45, 7) is 14.0. The van der Waals surface area contributed by atoms with Gasteiger partial charge < -0.3 is 20.3 Å². The molecule has 0 fully saturated rings. The topological polar surface area (TPSA) is 70.7 Å². The quantitative estimate of drug-likeness (QED) is 0.498. The Morgan fingerprint density at radius 3 is 2.42 bits per heavy atom. The molecule has 0 aromatic carbocycles. The Morgan fingerprint density at radius 1 is 1.17 bits per heavy atom. The average molecular weight is 356 g/mol. The summed E-state index contributed by atoms with van der Waals surface area (Å²) in [4.78, 5) is 27.5. The minimum atomic E-state index is -0.385. The number of amides is 1. The average Bonchev–Trinajstić information content (AvgIpc) is 2.82. The predicted octanol–water partition coefficient (Wildman–Crippen LogP) is 2.41. The molecule has 0 saturated carbocycles. The molecule has 24 heavy (non-hydrogen) atoms. The van der Waals surface area contributed by atoms with E-state index in [1.807, 2.05) is 13.8 Å². The smallest absolute Gasteiger partial charge is 0.341 e. The number of esters is 1. The molecule has 0 bridgehead atoms. The summed E-state index contributed by atoms with van der Waals surface area (Å²) in [5.41, 5.74) is 1.33. The lowest BCUT2D eigenvalue weighted by atomic mass is 10.1. The molecule has 0 aliphatic carbocycles. The molecular formula is C17H29N3O3S. The third-order valence-corrected chi connectivity index (χ3v) is 5.03. The van der Waals surface area contributed by atoms with Gasteiger partial charge in [0.05, 0.1) is 18.7 Å². The van der Waals surface area contributed by atoms with Crippen LogP contribution in [0.15, 0.2) is 0 Å². The van der Waals surface area contributed by atoms with Crippen LogP contribution < -0.4 is 10.6 Å². The van der Waals surface area contributed by atoms with E-state index in [2.05, 4.69) is 29.4 Å². The number of likely N-dealkylation sites (N-methyl/N-ethyl adjacent to an activating group) is 1. The summed E-state index contributed by atoms with van der Waals surface area (Å²) >= 11 is 1.41. The van der Waals surface area contributed by atoms with Crippen LogP contribution in [0.25, 0.3) is 0 Å². The third kappa shape index (κ3) is 5.89. The second kappa shape index (κ2) is 10.4. The van der Waals surface area contributed by atoms with E-state index < -0.39 is 0 Å². The molecule has 7 heteroatoms. The van der Waals surface area contributed by atoms with E-state index in [0.29, 0.717) is 17.2 Å². The van der Waals surface area contributed by atoms with E-state index in [1.54, 1.807) is 6.92 Å². The van der Waals surface area contributed by atoms with Gasteiger partial charge in [-0.15, -0.1) is 11.3 Å². The lowest BCUT2D eigenvalue weighted by Gasteiger charge is -2.17. The minimum Gasteiger partial charge on any atom is -0.462 e. The first-order chi connectivity index (χ1) is 11.4. The Kier molecular flexibility index (Phi) is 8.95.